The highest BCUT2D eigenvalue weighted by molar-refractivity contribution is 9.10. The number of nitrogens with one attached hydrogen (secondary N) is 1. The van der Waals surface area contributed by atoms with Gasteiger partial charge < -0.3 is 5.32 Å². The SMILES string of the molecule is CNC1CCCN(Cc2ccc(Br)cc2F)C1.Cl. The maximum absolute atomic E-state index is 13.7. The molecule has 0 radical (unpaired) electrons. The van der Waals surface area contributed by atoms with Crippen LogP contribution in [-0.4, -0.2) is 31.1 Å². The maximum atomic E-state index is 13.7. The second-order valence-corrected chi connectivity index (χ2v) is 5.51. The van der Waals surface area contributed by atoms with Gasteiger partial charge >= 0.3 is 0 Å². The Bertz CT molecular complexity index is 389. The molecule has 1 atom stereocenters. The van der Waals surface area contributed by atoms with Crippen LogP contribution in [0.3, 0.4) is 0 Å². The van der Waals surface area contributed by atoms with Crippen LogP contribution in [0, 0.1) is 5.82 Å². The molecule has 0 aliphatic carbocycles. The third-order valence-electron chi connectivity index (χ3n) is 3.32. The molecule has 1 aliphatic heterocycles. The van der Waals surface area contributed by atoms with Crippen molar-refractivity contribution < 1.29 is 4.39 Å². The molecule has 1 aliphatic rings. The summed E-state index contributed by atoms with van der Waals surface area (Å²) in [6.07, 6.45) is 2.40. The van der Waals surface area contributed by atoms with Crippen molar-refractivity contribution in [3.63, 3.8) is 0 Å². The van der Waals surface area contributed by atoms with Crippen molar-refractivity contribution in [3.05, 3.63) is 34.1 Å². The van der Waals surface area contributed by atoms with E-state index in [2.05, 4.69) is 26.1 Å². The molecule has 0 amide bonds. The third kappa shape index (κ3) is 4.19. The molecule has 0 bridgehead atoms. The summed E-state index contributed by atoms with van der Waals surface area (Å²) in [5.74, 6) is -0.119. The molecule has 1 aromatic carbocycles. The van der Waals surface area contributed by atoms with E-state index in [-0.39, 0.29) is 18.2 Å². The molecular formula is C13H19BrClFN2. The zero-order chi connectivity index (χ0) is 12.3. The summed E-state index contributed by atoms with van der Waals surface area (Å²) in [5, 5.41) is 3.30. The standard InChI is InChI=1S/C13H18BrFN2.ClH/c1-16-12-3-2-6-17(9-12)8-10-4-5-11(14)7-13(10)15;/h4-5,7,12,16H,2-3,6,8-9H2,1H3;1H. The lowest BCUT2D eigenvalue weighted by Crippen LogP contribution is -2.43. The monoisotopic (exact) mass is 336 g/mol. The predicted octanol–water partition coefficient (Wildman–Crippen LogP) is 3.19. The first-order valence-electron chi connectivity index (χ1n) is 6.02. The summed E-state index contributed by atoms with van der Waals surface area (Å²) in [6.45, 7) is 2.77. The van der Waals surface area contributed by atoms with Crippen LogP contribution >= 0.6 is 28.3 Å². The zero-order valence-corrected chi connectivity index (χ0v) is 12.9. The Labute approximate surface area is 122 Å². The van der Waals surface area contributed by atoms with E-state index in [1.807, 2.05) is 19.2 Å². The predicted molar refractivity (Wildman–Crippen MR) is 78.7 cm³/mol. The van der Waals surface area contributed by atoms with Crippen molar-refractivity contribution in [1.29, 1.82) is 0 Å². The largest absolute Gasteiger partial charge is 0.316 e. The summed E-state index contributed by atoms with van der Waals surface area (Å²) >= 11 is 3.28. The molecule has 1 heterocycles. The van der Waals surface area contributed by atoms with Gasteiger partial charge in [0.05, 0.1) is 0 Å². The molecule has 1 fully saturated rings. The van der Waals surface area contributed by atoms with Gasteiger partial charge in [0, 0.05) is 29.2 Å². The fourth-order valence-electron chi connectivity index (χ4n) is 2.33. The lowest BCUT2D eigenvalue weighted by Gasteiger charge is -2.32. The Balaban J connectivity index is 0.00000162. The van der Waals surface area contributed by atoms with Gasteiger partial charge in [0.2, 0.25) is 0 Å². The average molecular weight is 338 g/mol. The number of halogens is 3. The van der Waals surface area contributed by atoms with Crippen molar-refractivity contribution in [2.75, 3.05) is 20.1 Å². The third-order valence-corrected chi connectivity index (χ3v) is 3.82. The molecule has 5 heteroatoms. The van der Waals surface area contributed by atoms with Crippen LogP contribution < -0.4 is 5.32 Å². The van der Waals surface area contributed by atoms with Crippen LogP contribution in [0.2, 0.25) is 0 Å². The molecule has 1 unspecified atom stereocenters. The van der Waals surface area contributed by atoms with Gasteiger partial charge in [-0.15, -0.1) is 12.4 Å². The fraction of sp³-hybridized carbons (Fsp3) is 0.538. The minimum atomic E-state index is -0.119. The summed E-state index contributed by atoms with van der Waals surface area (Å²) in [7, 11) is 1.99. The zero-order valence-electron chi connectivity index (χ0n) is 10.5. The molecule has 0 spiro atoms. The van der Waals surface area contributed by atoms with E-state index < -0.39 is 0 Å². The second-order valence-electron chi connectivity index (χ2n) is 4.60. The van der Waals surface area contributed by atoms with Crippen molar-refractivity contribution in [1.82, 2.24) is 10.2 Å². The number of piperidine rings is 1. The molecule has 1 N–H and O–H groups in total. The van der Waals surface area contributed by atoms with Crippen LogP contribution in [0.15, 0.2) is 22.7 Å². The van der Waals surface area contributed by atoms with E-state index in [1.54, 1.807) is 0 Å². The van der Waals surface area contributed by atoms with Gasteiger partial charge in [-0.3, -0.25) is 4.90 Å². The normalized spacial score (nSPS) is 20.5. The molecule has 0 saturated carbocycles. The molecule has 1 saturated heterocycles. The Morgan fingerprint density at radius 3 is 2.94 bits per heavy atom. The lowest BCUT2D eigenvalue weighted by molar-refractivity contribution is 0.186. The maximum Gasteiger partial charge on any atom is 0.128 e. The first-order valence-corrected chi connectivity index (χ1v) is 6.82. The van der Waals surface area contributed by atoms with Crippen LogP contribution in [0.4, 0.5) is 4.39 Å². The molecule has 2 rings (SSSR count). The Morgan fingerprint density at radius 2 is 2.28 bits per heavy atom. The van der Waals surface area contributed by atoms with Crippen molar-refractivity contribution in [2.45, 2.75) is 25.4 Å². The van der Waals surface area contributed by atoms with Crippen molar-refractivity contribution >= 4 is 28.3 Å². The molecule has 102 valence electrons. The summed E-state index contributed by atoms with van der Waals surface area (Å²) in [4.78, 5) is 2.32. The lowest BCUT2D eigenvalue weighted by atomic mass is 10.0. The number of likely N-dealkylation sites (N-methyl/N-ethyl adjacent to an activating group) is 1. The molecule has 1 aromatic rings. The van der Waals surface area contributed by atoms with Crippen LogP contribution in [0.25, 0.3) is 0 Å². The number of hydrogen-bond donors (Lipinski definition) is 1. The minimum Gasteiger partial charge on any atom is -0.316 e. The quantitative estimate of drug-likeness (QED) is 0.911. The van der Waals surface area contributed by atoms with Crippen molar-refractivity contribution in [2.24, 2.45) is 0 Å². The van der Waals surface area contributed by atoms with E-state index in [0.717, 1.165) is 23.1 Å². The molecule has 0 aromatic heterocycles. The molecule has 18 heavy (non-hydrogen) atoms. The number of hydrogen-bond acceptors (Lipinski definition) is 2. The van der Waals surface area contributed by atoms with Gasteiger partial charge in [-0.05, 0) is 38.6 Å². The molecule has 2 nitrogen and oxygen atoms in total. The number of nitrogens with zero attached hydrogens (tertiary/aromatic N) is 1. The average Bonchev–Trinajstić information content (AvgIpc) is 2.33. The van der Waals surface area contributed by atoms with E-state index in [4.69, 9.17) is 0 Å². The second kappa shape index (κ2) is 7.43. The highest BCUT2D eigenvalue weighted by Gasteiger charge is 2.19. The summed E-state index contributed by atoms with van der Waals surface area (Å²) in [6, 6.07) is 5.84. The highest BCUT2D eigenvalue weighted by Crippen LogP contribution is 2.19. The Kier molecular flexibility index (Phi) is 6.57. The minimum absolute atomic E-state index is 0. The topological polar surface area (TPSA) is 15.3 Å². The number of likely N-dealkylation sites (tertiary alicyclic amines) is 1. The van der Waals surface area contributed by atoms with Crippen LogP contribution in [-0.2, 0) is 6.54 Å². The Morgan fingerprint density at radius 1 is 1.50 bits per heavy atom. The summed E-state index contributed by atoms with van der Waals surface area (Å²) < 4.78 is 14.5. The van der Waals surface area contributed by atoms with Gasteiger partial charge in [0.25, 0.3) is 0 Å². The van der Waals surface area contributed by atoms with Crippen LogP contribution in [0.1, 0.15) is 18.4 Å². The van der Waals surface area contributed by atoms with E-state index in [9.17, 15) is 4.39 Å². The van der Waals surface area contributed by atoms with Gasteiger partial charge in [-0.2, -0.15) is 0 Å². The smallest absolute Gasteiger partial charge is 0.128 e. The van der Waals surface area contributed by atoms with Crippen molar-refractivity contribution in [3.8, 4) is 0 Å². The first-order chi connectivity index (χ1) is 8.19. The fourth-order valence-corrected chi connectivity index (χ4v) is 2.66. The van der Waals surface area contributed by atoms with Gasteiger partial charge in [0.15, 0.2) is 0 Å². The highest BCUT2D eigenvalue weighted by atomic mass is 79.9. The van der Waals surface area contributed by atoms with E-state index in [0.29, 0.717) is 12.6 Å². The number of rotatable bonds is 3. The van der Waals surface area contributed by atoms with Gasteiger partial charge in [-0.1, -0.05) is 22.0 Å². The van der Waals surface area contributed by atoms with Gasteiger partial charge in [0.1, 0.15) is 5.82 Å². The van der Waals surface area contributed by atoms with Gasteiger partial charge in [-0.25, -0.2) is 4.39 Å². The number of benzene rings is 1. The van der Waals surface area contributed by atoms with E-state index >= 15 is 0 Å². The Hall–Kier alpha value is -0.160. The summed E-state index contributed by atoms with van der Waals surface area (Å²) in [5.41, 5.74) is 0.782. The molecular weight excluding hydrogens is 319 g/mol. The van der Waals surface area contributed by atoms with Crippen LogP contribution in [0.5, 0.6) is 0 Å². The first kappa shape index (κ1) is 15.9. The van der Waals surface area contributed by atoms with E-state index in [1.165, 1.54) is 18.9 Å².